The van der Waals surface area contributed by atoms with Gasteiger partial charge in [0, 0.05) is 13.6 Å². The molecule has 0 N–H and O–H groups in total. The van der Waals surface area contributed by atoms with Crippen LogP contribution in [0.2, 0.25) is 0 Å². The molecule has 0 bridgehead atoms. The summed E-state index contributed by atoms with van der Waals surface area (Å²) in [7, 11) is 1.71. The normalized spacial score (nSPS) is 10.8. The number of benzene rings is 1. The van der Waals surface area contributed by atoms with Crippen molar-refractivity contribution in [3.63, 3.8) is 0 Å². The number of aromatic nitrogens is 2. The molecule has 24 heavy (non-hydrogen) atoms. The van der Waals surface area contributed by atoms with Gasteiger partial charge in [0.15, 0.2) is 0 Å². The fourth-order valence-corrected chi connectivity index (χ4v) is 3.30. The minimum atomic E-state index is -0.291. The van der Waals surface area contributed by atoms with E-state index in [4.69, 9.17) is 4.42 Å². The van der Waals surface area contributed by atoms with Crippen molar-refractivity contribution in [2.75, 3.05) is 12.8 Å². The van der Waals surface area contributed by atoms with Crippen molar-refractivity contribution in [1.82, 2.24) is 15.1 Å². The first kappa shape index (κ1) is 16.7. The second-order valence-corrected chi connectivity index (χ2v) is 6.89. The van der Waals surface area contributed by atoms with E-state index in [0.717, 1.165) is 10.4 Å². The van der Waals surface area contributed by atoms with E-state index >= 15 is 0 Å². The molecule has 3 rings (SSSR count). The molecule has 0 unspecified atom stereocenters. The van der Waals surface area contributed by atoms with Crippen molar-refractivity contribution in [1.29, 1.82) is 0 Å². The molecular formula is C16H14FN3O2S2. The van der Waals surface area contributed by atoms with Crippen molar-refractivity contribution in [3.05, 3.63) is 53.2 Å². The van der Waals surface area contributed by atoms with E-state index in [1.807, 2.05) is 17.5 Å². The van der Waals surface area contributed by atoms with Crippen LogP contribution in [-0.4, -0.2) is 33.8 Å². The summed E-state index contributed by atoms with van der Waals surface area (Å²) in [6, 6.07) is 9.90. The van der Waals surface area contributed by atoms with E-state index in [9.17, 15) is 9.18 Å². The van der Waals surface area contributed by atoms with Crippen LogP contribution < -0.4 is 0 Å². The van der Waals surface area contributed by atoms with E-state index in [0.29, 0.717) is 17.7 Å². The maximum Gasteiger partial charge on any atom is 0.277 e. The smallest absolute Gasteiger partial charge is 0.277 e. The fraction of sp³-hybridized carbons (Fsp3) is 0.188. The van der Waals surface area contributed by atoms with Crippen molar-refractivity contribution in [2.24, 2.45) is 0 Å². The van der Waals surface area contributed by atoms with Crippen LogP contribution in [0.1, 0.15) is 5.56 Å². The number of carbonyl (C=O) groups excluding carboxylic acids is 1. The lowest BCUT2D eigenvalue weighted by Gasteiger charge is -2.16. The van der Waals surface area contributed by atoms with Crippen molar-refractivity contribution in [2.45, 2.75) is 11.8 Å². The van der Waals surface area contributed by atoms with Gasteiger partial charge >= 0.3 is 0 Å². The quantitative estimate of drug-likeness (QED) is 0.625. The molecule has 0 radical (unpaired) electrons. The second-order valence-electron chi connectivity index (χ2n) is 5.02. The largest absolute Gasteiger partial charge is 0.410 e. The Balaban J connectivity index is 1.52. The predicted molar refractivity (Wildman–Crippen MR) is 91.2 cm³/mol. The summed E-state index contributed by atoms with van der Waals surface area (Å²) in [5, 5.41) is 10.2. The highest BCUT2D eigenvalue weighted by atomic mass is 32.2. The number of hydrogen-bond donors (Lipinski definition) is 0. The number of hydrogen-bond acceptors (Lipinski definition) is 6. The second kappa shape index (κ2) is 7.59. The number of thiophene rings is 1. The zero-order valence-corrected chi connectivity index (χ0v) is 14.4. The number of halogens is 1. The lowest BCUT2D eigenvalue weighted by atomic mass is 10.2. The molecule has 1 amide bonds. The molecule has 5 nitrogen and oxygen atoms in total. The van der Waals surface area contributed by atoms with Crippen LogP contribution in [0.3, 0.4) is 0 Å². The first-order valence-electron chi connectivity index (χ1n) is 7.10. The molecule has 0 saturated heterocycles. The fourth-order valence-electron chi connectivity index (χ4n) is 1.95. The Labute approximate surface area is 146 Å². The van der Waals surface area contributed by atoms with Crippen LogP contribution in [0.15, 0.2) is 51.4 Å². The molecule has 0 aliphatic rings. The molecule has 0 atom stereocenters. The van der Waals surface area contributed by atoms with Gasteiger partial charge in [-0.25, -0.2) is 4.39 Å². The number of thioether (sulfide) groups is 1. The van der Waals surface area contributed by atoms with Crippen molar-refractivity contribution < 1.29 is 13.6 Å². The third-order valence-corrected chi connectivity index (χ3v) is 4.88. The standard InChI is InChI=1S/C16H14FN3O2S2/c1-20(9-11-4-6-12(17)7-5-11)14(21)10-24-16-19-18-15(22-16)13-3-2-8-23-13/h2-8H,9-10H2,1H3. The zero-order valence-electron chi connectivity index (χ0n) is 12.8. The maximum atomic E-state index is 12.9. The highest BCUT2D eigenvalue weighted by Gasteiger charge is 2.14. The van der Waals surface area contributed by atoms with Gasteiger partial charge in [-0.3, -0.25) is 4.79 Å². The topological polar surface area (TPSA) is 59.2 Å². The molecule has 8 heteroatoms. The first-order valence-corrected chi connectivity index (χ1v) is 8.97. The molecule has 2 heterocycles. The Hall–Kier alpha value is -2.19. The number of rotatable bonds is 6. The van der Waals surface area contributed by atoms with Gasteiger partial charge in [-0.05, 0) is 29.1 Å². The van der Waals surface area contributed by atoms with Gasteiger partial charge in [0.05, 0.1) is 10.6 Å². The Kier molecular flexibility index (Phi) is 5.27. The van der Waals surface area contributed by atoms with E-state index in [1.165, 1.54) is 35.2 Å². The highest BCUT2D eigenvalue weighted by molar-refractivity contribution is 7.99. The first-order chi connectivity index (χ1) is 11.6. The molecule has 0 aliphatic heterocycles. The number of carbonyl (C=O) groups is 1. The Morgan fingerprint density at radius 1 is 1.29 bits per heavy atom. The molecule has 2 aromatic heterocycles. The van der Waals surface area contributed by atoms with Gasteiger partial charge < -0.3 is 9.32 Å². The summed E-state index contributed by atoms with van der Waals surface area (Å²) >= 11 is 2.71. The Morgan fingerprint density at radius 2 is 2.08 bits per heavy atom. The van der Waals surface area contributed by atoms with Gasteiger partial charge in [0.2, 0.25) is 5.91 Å². The number of amides is 1. The molecule has 0 aliphatic carbocycles. The summed E-state index contributed by atoms with van der Waals surface area (Å²) in [6.45, 7) is 0.421. The van der Waals surface area contributed by atoms with Crippen LogP contribution >= 0.6 is 23.1 Å². The van der Waals surface area contributed by atoms with Crippen molar-refractivity contribution in [3.8, 4) is 10.8 Å². The van der Waals surface area contributed by atoms with E-state index < -0.39 is 0 Å². The summed E-state index contributed by atoms with van der Waals surface area (Å²) < 4.78 is 18.4. The van der Waals surface area contributed by atoms with E-state index in [2.05, 4.69) is 10.2 Å². The van der Waals surface area contributed by atoms with Crippen LogP contribution in [0.4, 0.5) is 4.39 Å². The SMILES string of the molecule is CN(Cc1ccc(F)cc1)C(=O)CSc1nnc(-c2cccs2)o1. The third-order valence-electron chi connectivity index (χ3n) is 3.22. The molecule has 0 saturated carbocycles. The number of nitrogens with zero attached hydrogens (tertiary/aromatic N) is 3. The molecule has 1 aromatic carbocycles. The zero-order chi connectivity index (χ0) is 16.9. The lowest BCUT2D eigenvalue weighted by Crippen LogP contribution is -2.27. The van der Waals surface area contributed by atoms with Gasteiger partial charge in [-0.15, -0.1) is 21.5 Å². The van der Waals surface area contributed by atoms with Crippen LogP contribution in [0, 0.1) is 5.82 Å². The predicted octanol–water partition coefficient (Wildman–Crippen LogP) is 3.69. The molecule has 0 fully saturated rings. The lowest BCUT2D eigenvalue weighted by molar-refractivity contribution is -0.127. The van der Waals surface area contributed by atoms with Gasteiger partial charge in [-0.2, -0.15) is 0 Å². The van der Waals surface area contributed by atoms with E-state index in [1.54, 1.807) is 24.1 Å². The van der Waals surface area contributed by atoms with Gasteiger partial charge in [0.25, 0.3) is 11.1 Å². The van der Waals surface area contributed by atoms with Crippen molar-refractivity contribution >= 4 is 29.0 Å². The molecule has 0 spiro atoms. The Bertz CT molecular complexity index is 803. The monoisotopic (exact) mass is 363 g/mol. The maximum absolute atomic E-state index is 12.9. The van der Waals surface area contributed by atoms with Crippen LogP contribution in [0.25, 0.3) is 10.8 Å². The highest BCUT2D eigenvalue weighted by Crippen LogP contribution is 2.26. The minimum absolute atomic E-state index is 0.0693. The Morgan fingerprint density at radius 3 is 2.79 bits per heavy atom. The van der Waals surface area contributed by atoms with Crippen LogP contribution in [-0.2, 0) is 11.3 Å². The van der Waals surface area contributed by atoms with E-state index in [-0.39, 0.29) is 17.5 Å². The van der Waals surface area contributed by atoms with Crippen LogP contribution in [0.5, 0.6) is 0 Å². The average molecular weight is 363 g/mol. The molecule has 3 aromatic rings. The average Bonchev–Trinajstić information content (AvgIpc) is 3.25. The summed E-state index contributed by atoms with van der Waals surface area (Å²) in [6.07, 6.45) is 0. The van der Waals surface area contributed by atoms with Gasteiger partial charge in [-0.1, -0.05) is 30.0 Å². The van der Waals surface area contributed by atoms with Gasteiger partial charge in [0.1, 0.15) is 5.82 Å². The summed E-state index contributed by atoms with van der Waals surface area (Å²) in [4.78, 5) is 14.6. The molecular weight excluding hydrogens is 349 g/mol. The summed E-state index contributed by atoms with van der Waals surface area (Å²) in [5.74, 6) is 0.296. The third kappa shape index (κ3) is 4.21. The minimum Gasteiger partial charge on any atom is -0.410 e. The summed E-state index contributed by atoms with van der Waals surface area (Å²) in [5.41, 5.74) is 0.870. The molecule has 124 valence electrons.